The number of carbonyl (C=O) groups excluding carboxylic acids is 1. The number of rotatable bonds is 6. The van der Waals surface area contributed by atoms with Gasteiger partial charge in [-0.15, -0.1) is 0 Å². The van der Waals surface area contributed by atoms with E-state index in [-0.39, 0.29) is 17.9 Å². The van der Waals surface area contributed by atoms with Crippen LogP contribution in [0.2, 0.25) is 0 Å². The highest BCUT2D eigenvalue weighted by atomic mass is 19.4. The Labute approximate surface area is 144 Å². The number of hydrogen-bond donors (Lipinski definition) is 0. The highest BCUT2D eigenvalue weighted by molar-refractivity contribution is 5.82. The molecule has 2 aromatic rings. The Morgan fingerprint density at radius 2 is 1.80 bits per heavy atom. The zero-order valence-electron chi connectivity index (χ0n) is 13.9. The quantitative estimate of drug-likeness (QED) is 0.572. The van der Waals surface area contributed by atoms with Crippen LogP contribution in [0.25, 0.3) is 5.70 Å². The van der Waals surface area contributed by atoms with E-state index in [1.807, 2.05) is 30.3 Å². The zero-order chi connectivity index (χ0) is 18.4. The molecule has 0 heterocycles. The van der Waals surface area contributed by atoms with E-state index in [4.69, 9.17) is 4.74 Å². The third-order valence-electron chi connectivity index (χ3n) is 3.53. The smallest absolute Gasteiger partial charge is 0.416 e. The Hall–Kier alpha value is -2.76. The number of benzene rings is 2. The Kier molecular flexibility index (Phi) is 5.85. The molecule has 0 spiro atoms. The van der Waals surface area contributed by atoms with Crippen LogP contribution in [-0.4, -0.2) is 25.3 Å². The van der Waals surface area contributed by atoms with E-state index in [1.165, 1.54) is 12.1 Å². The molecule has 0 atom stereocenters. The Morgan fingerprint density at radius 3 is 2.36 bits per heavy atom. The van der Waals surface area contributed by atoms with Gasteiger partial charge in [0.25, 0.3) is 0 Å². The summed E-state index contributed by atoms with van der Waals surface area (Å²) in [5.74, 6) is 0.277. The minimum atomic E-state index is -4.48. The molecule has 0 N–H and O–H groups in total. The van der Waals surface area contributed by atoms with E-state index in [2.05, 4.69) is 0 Å². The van der Waals surface area contributed by atoms with Crippen LogP contribution in [0.3, 0.4) is 0 Å². The maximum atomic E-state index is 13.1. The summed E-state index contributed by atoms with van der Waals surface area (Å²) in [4.78, 5) is 12.5. The van der Waals surface area contributed by atoms with Crippen molar-refractivity contribution in [1.29, 1.82) is 0 Å². The maximum Gasteiger partial charge on any atom is 0.416 e. The van der Waals surface area contributed by atoms with Crippen molar-refractivity contribution < 1.29 is 22.7 Å². The number of halogens is 3. The molecule has 2 rings (SSSR count). The lowest BCUT2D eigenvalue weighted by Crippen LogP contribution is -2.13. The lowest BCUT2D eigenvalue weighted by molar-refractivity contribution is -0.137. The van der Waals surface area contributed by atoms with Gasteiger partial charge in [-0.3, -0.25) is 4.79 Å². The molecular formula is C19H18F3NO2. The molecule has 25 heavy (non-hydrogen) atoms. The number of carbonyl (C=O) groups is 1. The minimum Gasteiger partial charge on any atom is -0.488 e. The molecule has 0 unspecified atom stereocenters. The highest BCUT2D eigenvalue weighted by Crippen LogP contribution is 2.36. The predicted octanol–water partition coefficient (Wildman–Crippen LogP) is 4.39. The van der Waals surface area contributed by atoms with Crippen molar-refractivity contribution in [1.82, 2.24) is 4.90 Å². The van der Waals surface area contributed by atoms with Crippen LogP contribution in [0.4, 0.5) is 13.2 Å². The van der Waals surface area contributed by atoms with Gasteiger partial charge in [-0.05, 0) is 23.8 Å². The standard InChI is InChI=1S/C19H18F3NO2/c1-23(2)17(10-11-24)16-12-15(19(20,21)22)8-9-18(16)25-13-14-6-4-3-5-7-14/h3-12H,13H2,1-2H3/b17-10+. The van der Waals surface area contributed by atoms with E-state index in [9.17, 15) is 18.0 Å². The first-order chi connectivity index (χ1) is 11.8. The average molecular weight is 349 g/mol. The Morgan fingerprint density at radius 1 is 1.12 bits per heavy atom. The van der Waals surface area contributed by atoms with Gasteiger partial charge in [0.2, 0.25) is 0 Å². The summed E-state index contributed by atoms with van der Waals surface area (Å²) >= 11 is 0. The molecule has 2 aromatic carbocycles. The largest absolute Gasteiger partial charge is 0.488 e. The molecule has 0 radical (unpaired) electrons. The lowest BCUT2D eigenvalue weighted by Gasteiger charge is -2.21. The predicted molar refractivity (Wildman–Crippen MR) is 89.9 cm³/mol. The van der Waals surface area contributed by atoms with Gasteiger partial charge in [0, 0.05) is 25.7 Å². The van der Waals surface area contributed by atoms with Gasteiger partial charge < -0.3 is 9.64 Å². The second-order valence-corrected chi connectivity index (χ2v) is 5.57. The Balaban J connectivity index is 2.43. The number of hydrogen-bond acceptors (Lipinski definition) is 3. The average Bonchev–Trinajstić information content (AvgIpc) is 2.57. The monoisotopic (exact) mass is 349 g/mol. The van der Waals surface area contributed by atoms with Crippen molar-refractivity contribution in [3.63, 3.8) is 0 Å². The van der Waals surface area contributed by atoms with E-state index < -0.39 is 11.7 Å². The SMILES string of the molecule is CN(C)/C(=C/C=O)c1cc(C(F)(F)F)ccc1OCc1ccccc1. The molecule has 0 amide bonds. The first-order valence-corrected chi connectivity index (χ1v) is 7.54. The third-order valence-corrected chi connectivity index (χ3v) is 3.53. The number of ether oxygens (including phenoxy) is 1. The summed E-state index contributed by atoms with van der Waals surface area (Å²) in [6.45, 7) is 0.209. The van der Waals surface area contributed by atoms with Crippen molar-refractivity contribution in [2.75, 3.05) is 14.1 Å². The second kappa shape index (κ2) is 7.88. The molecule has 0 fully saturated rings. The van der Waals surface area contributed by atoms with E-state index >= 15 is 0 Å². The molecule has 0 saturated carbocycles. The summed E-state index contributed by atoms with van der Waals surface area (Å²) in [5.41, 5.74) is 0.638. The van der Waals surface area contributed by atoms with Gasteiger partial charge in [0.05, 0.1) is 11.3 Å². The Bertz CT molecular complexity index is 753. The fraction of sp³-hybridized carbons (Fsp3) is 0.211. The van der Waals surface area contributed by atoms with Gasteiger partial charge in [0.1, 0.15) is 18.6 Å². The zero-order valence-corrected chi connectivity index (χ0v) is 13.9. The summed E-state index contributed by atoms with van der Waals surface area (Å²) in [6, 6.07) is 12.5. The third kappa shape index (κ3) is 4.86. The van der Waals surface area contributed by atoms with Crippen molar-refractivity contribution in [3.05, 3.63) is 71.3 Å². The van der Waals surface area contributed by atoms with E-state index in [0.29, 0.717) is 12.0 Å². The summed E-state index contributed by atoms with van der Waals surface area (Å²) in [7, 11) is 3.30. The molecule has 6 heteroatoms. The maximum absolute atomic E-state index is 13.1. The molecule has 0 aliphatic rings. The van der Waals surface area contributed by atoms with Gasteiger partial charge >= 0.3 is 6.18 Å². The van der Waals surface area contributed by atoms with Crippen molar-refractivity contribution in [2.45, 2.75) is 12.8 Å². The van der Waals surface area contributed by atoms with Crippen LogP contribution in [-0.2, 0) is 17.6 Å². The first-order valence-electron chi connectivity index (χ1n) is 7.54. The molecule has 0 aliphatic heterocycles. The van der Waals surface area contributed by atoms with Crippen molar-refractivity contribution in [3.8, 4) is 5.75 Å². The molecule has 132 valence electrons. The first kappa shape index (κ1) is 18.6. The van der Waals surface area contributed by atoms with Crippen LogP contribution in [0.5, 0.6) is 5.75 Å². The topological polar surface area (TPSA) is 29.5 Å². The summed E-state index contributed by atoms with van der Waals surface area (Å²) in [6.07, 6.45) is -2.73. The summed E-state index contributed by atoms with van der Waals surface area (Å²) in [5, 5.41) is 0. The fourth-order valence-electron chi connectivity index (χ4n) is 2.31. The van der Waals surface area contributed by atoms with Crippen LogP contribution >= 0.6 is 0 Å². The van der Waals surface area contributed by atoms with E-state index in [0.717, 1.165) is 17.7 Å². The number of nitrogens with zero attached hydrogens (tertiary/aromatic N) is 1. The molecule has 3 nitrogen and oxygen atoms in total. The van der Waals surface area contributed by atoms with Gasteiger partial charge in [-0.1, -0.05) is 30.3 Å². The van der Waals surface area contributed by atoms with E-state index in [1.54, 1.807) is 19.0 Å². The molecule has 0 bridgehead atoms. The van der Waals surface area contributed by atoms with Crippen molar-refractivity contribution in [2.24, 2.45) is 0 Å². The molecule has 0 saturated heterocycles. The molecule has 0 aromatic heterocycles. The van der Waals surface area contributed by atoms with Crippen molar-refractivity contribution >= 4 is 12.0 Å². The van der Waals surface area contributed by atoms with Crippen LogP contribution in [0.1, 0.15) is 16.7 Å². The van der Waals surface area contributed by atoms with Crippen LogP contribution in [0.15, 0.2) is 54.6 Å². The fourth-order valence-corrected chi connectivity index (χ4v) is 2.31. The highest BCUT2D eigenvalue weighted by Gasteiger charge is 2.31. The van der Waals surface area contributed by atoms with Gasteiger partial charge in [-0.25, -0.2) is 0 Å². The normalized spacial score (nSPS) is 12.0. The lowest BCUT2D eigenvalue weighted by atomic mass is 10.1. The van der Waals surface area contributed by atoms with Crippen LogP contribution < -0.4 is 4.74 Å². The van der Waals surface area contributed by atoms with Crippen LogP contribution in [0, 0.1) is 0 Å². The number of alkyl halides is 3. The van der Waals surface area contributed by atoms with Gasteiger partial charge in [0.15, 0.2) is 0 Å². The number of aldehydes is 1. The molecule has 0 aliphatic carbocycles. The minimum absolute atomic E-state index is 0.209. The van der Waals surface area contributed by atoms with Gasteiger partial charge in [-0.2, -0.15) is 13.2 Å². The molecular weight excluding hydrogens is 331 g/mol. The summed E-state index contributed by atoms with van der Waals surface area (Å²) < 4.78 is 44.9. The second-order valence-electron chi connectivity index (χ2n) is 5.57. The number of allylic oxidation sites excluding steroid dienone is 1.